The predicted octanol–water partition coefficient (Wildman–Crippen LogP) is 2.64. The van der Waals surface area contributed by atoms with Crippen molar-refractivity contribution in [3.05, 3.63) is 48.5 Å². The second kappa shape index (κ2) is 8.26. The number of nitrogens with one attached hydrogen (secondary N) is 2. The molecule has 0 saturated heterocycles. The highest BCUT2D eigenvalue weighted by atomic mass is 32.1. The van der Waals surface area contributed by atoms with Gasteiger partial charge in [0.15, 0.2) is 5.11 Å². The van der Waals surface area contributed by atoms with Gasteiger partial charge >= 0.3 is 0 Å². The van der Waals surface area contributed by atoms with E-state index in [1.807, 2.05) is 30.3 Å². The molecule has 0 spiro atoms. The van der Waals surface area contributed by atoms with Gasteiger partial charge in [-0.2, -0.15) is 4.98 Å². The molecule has 3 aromatic rings. The van der Waals surface area contributed by atoms with Gasteiger partial charge in [0.25, 0.3) is 0 Å². The van der Waals surface area contributed by atoms with Gasteiger partial charge in [-0.25, -0.2) is 4.98 Å². The molecular formula is C17H17N5O3S. The Bertz CT molecular complexity index is 882. The third-order valence-electron chi connectivity index (χ3n) is 3.40. The molecule has 0 radical (unpaired) electrons. The number of nitrogens with zero attached hydrogens (tertiary/aromatic N) is 3. The number of aromatic nitrogens is 3. The fraction of sp³-hybridized carbons (Fsp3) is 0.176. The summed E-state index contributed by atoms with van der Waals surface area (Å²) in [6.07, 6.45) is 1.63. The Hall–Kier alpha value is -3.20. The van der Waals surface area contributed by atoms with Crippen LogP contribution in [0.3, 0.4) is 0 Å². The fourth-order valence-electron chi connectivity index (χ4n) is 2.11. The molecule has 0 unspecified atom stereocenters. The summed E-state index contributed by atoms with van der Waals surface area (Å²) in [5.74, 6) is 2.16. The number of hydrogen-bond acceptors (Lipinski definition) is 7. The van der Waals surface area contributed by atoms with Crippen LogP contribution in [0.25, 0.3) is 11.4 Å². The van der Waals surface area contributed by atoms with Gasteiger partial charge in [0.05, 0.1) is 32.6 Å². The molecule has 0 atom stereocenters. The van der Waals surface area contributed by atoms with Crippen molar-refractivity contribution < 1.29 is 14.0 Å². The maximum absolute atomic E-state index is 5.24. The average molecular weight is 371 g/mol. The molecule has 1 aromatic carbocycles. The van der Waals surface area contributed by atoms with E-state index in [-0.39, 0.29) is 0 Å². The first-order valence-electron chi connectivity index (χ1n) is 7.70. The van der Waals surface area contributed by atoms with E-state index >= 15 is 0 Å². The van der Waals surface area contributed by atoms with Crippen molar-refractivity contribution in [1.29, 1.82) is 0 Å². The molecule has 2 aromatic heterocycles. The quantitative estimate of drug-likeness (QED) is 0.634. The molecule has 0 aliphatic rings. The Morgan fingerprint density at radius 1 is 1.19 bits per heavy atom. The van der Waals surface area contributed by atoms with Crippen LogP contribution in [0.1, 0.15) is 5.89 Å². The van der Waals surface area contributed by atoms with Gasteiger partial charge in [-0.05, 0) is 30.4 Å². The zero-order valence-corrected chi connectivity index (χ0v) is 15.0. The van der Waals surface area contributed by atoms with E-state index in [4.69, 9.17) is 26.2 Å². The summed E-state index contributed by atoms with van der Waals surface area (Å²) >= 11 is 5.24. The minimum Gasteiger partial charge on any atom is -0.497 e. The van der Waals surface area contributed by atoms with Gasteiger partial charge < -0.3 is 24.6 Å². The molecule has 0 bridgehead atoms. The van der Waals surface area contributed by atoms with Crippen LogP contribution in [-0.2, 0) is 6.54 Å². The van der Waals surface area contributed by atoms with Crippen molar-refractivity contribution in [2.75, 3.05) is 19.5 Å². The number of rotatable bonds is 6. The first-order chi connectivity index (χ1) is 12.7. The molecule has 2 heterocycles. The first-order valence-corrected chi connectivity index (χ1v) is 8.10. The normalized spacial score (nSPS) is 10.2. The summed E-state index contributed by atoms with van der Waals surface area (Å²) in [6, 6.07) is 11.0. The zero-order valence-electron chi connectivity index (χ0n) is 14.2. The summed E-state index contributed by atoms with van der Waals surface area (Å²) in [5, 5.41) is 10.4. The van der Waals surface area contributed by atoms with Gasteiger partial charge in [0.2, 0.25) is 17.6 Å². The van der Waals surface area contributed by atoms with Gasteiger partial charge in [-0.1, -0.05) is 17.3 Å². The molecule has 0 aliphatic heterocycles. The van der Waals surface area contributed by atoms with Crippen LogP contribution in [0, 0.1) is 0 Å². The van der Waals surface area contributed by atoms with Gasteiger partial charge in [-0.3, -0.25) is 0 Å². The second-order valence-electron chi connectivity index (χ2n) is 5.14. The third kappa shape index (κ3) is 4.45. The number of anilines is 1. The molecule has 26 heavy (non-hydrogen) atoms. The highest BCUT2D eigenvalue weighted by Crippen LogP contribution is 2.21. The Morgan fingerprint density at radius 3 is 2.81 bits per heavy atom. The lowest BCUT2D eigenvalue weighted by atomic mass is 10.2. The number of benzene rings is 1. The highest BCUT2D eigenvalue weighted by molar-refractivity contribution is 7.80. The Morgan fingerprint density at radius 2 is 2.08 bits per heavy atom. The molecule has 3 rings (SSSR count). The maximum Gasteiger partial charge on any atom is 0.246 e. The van der Waals surface area contributed by atoms with Gasteiger partial charge in [0.1, 0.15) is 5.75 Å². The summed E-state index contributed by atoms with van der Waals surface area (Å²) in [6.45, 7) is 0.298. The smallest absolute Gasteiger partial charge is 0.246 e. The lowest BCUT2D eigenvalue weighted by Gasteiger charge is -2.08. The highest BCUT2D eigenvalue weighted by Gasteiger charge is 2.10. The molecule has 0 aliphatic carbocycles. The SMILES string of the molecule is COc1cccc(-c2noc(CNC(=S)Nc3ccc(OC)nc3)n2)c1. The fourth-order valence-corrected chi connectivity index (χ4v) is 2.30. The van der Waals surface area contributed by atoms with E-state index in [9.17, 15) is 0 Å². The molecule has 134 valence electrons. The summed E-state index contributed by atoms with van der Waals surface area (Å²) in [4.78, 5) is 8.44. The Kier molecular flexibility index (Phi) is 5.59. The van der Waals surface area contributed by atoms with Crippen LogP contribution < -0.4 is 20.1 Å². The van der Waals surface area contributed by atoms with Crippen molar-refractivity contribution in [2.24, 2.45) is 0 Å². The van der Waals surface area contributed by atoms with Gasteiger partial charge in [0, 0.05) is 11.6 Å². The van der Waals surface area contributed by atoms with Gasteiger partial charge in [-0.15, -0.1) is 0 Å². The number of thiocarbonyl (C=S) groups is 1. The lowest BCUT2D eigenvalue weighted by Crippen LogP contribution is -2.28. The number of hydrogen-bond donors (Lipinski definition) is 2. The monoisotopic (exact) mass is 371 g/mol. The summed E-state index contributed by atoms with van der Waals surface area (Å²) < 4.78 is 15.4. The van der Waals surface area contributed by atoms with Crippen LogP contribution in [-0.4, -0.2) is 34.5 Å². The van der Waals surface area contributed by atoms with E-state index in [1.54, 1.807) is 26.5 Å². The van der Waals surface area contributed by atoms with E-state index in [0.29, 0.717) is 29.3 Å². The van der Waals surface area contributed by atoms with Crippen molar-refractivity contribution in [1.82, 2.24) is 20.4 Å². The minimum atomic E-state index is 0.298. The Balaban J connectivity index is 1.56. The first kappa shape index (κ1) is 17.6. The van der Waals surface area contributed by atoms with Crippen LogP contribution >= 0.6 is 12.2 Å². The van der Waals surface area contributed by atoms with E-state index in [0.717, 1.165) is 17.0 Å². The van der Waals surface area contributed by atoms with Crippen LogP contribution in [0.5, 0.6) is 11.6 Å². The molecule has 0 fully saturated rings. The standard InChI is InChI=1S/C17H17N5O3S/c1-23-13-5-3-4-11(8-13)16-21-15(25-22-16)10-19-17(26)20-12-6-7-14(24-2)18-9-12/h3-9H,10H2,1-2H3,(H2,19,20,26). The number of ether oxygens (including phenoxy) is 2. The topological polar surface area (TPSA) is 94.3 Å². The molecule has 9 heteroatoms. The van der Waals surface area contributed by atoms with Crippen molar-refractivity contribution >= 4 is 23.0 Å². The number of pyridine rings is 1. The Labute approximate surface area is 155 Å². The molecule has 8 nitrogen and oxygen atoms in total. The molecule has 0 amide bonds. The van der Waals surface area contributed by atoms with Crippen molar-refractivity contribution in [2.45, 2.75) is 6.54 Å². The predicted molar refractivity (Wildman–Crippen MR) is 100 cm³/mol. The van der Waals surface area contributed by atoms with Crippen LogP contribution in [0.4, 0.5) is 5.69 Å². The maximum atomic E-state index is 5.24. The van der Waals surface area contributed by atoms with Crippen molar-refractivity contribution in [3.63, 3.8) is 0 Å². The van der Waals surface area contributed by atoms with E-state index < -0.39 is 0 Å². The summed E-state index contributed by atoms with van der Waals surface area (Å²) in [5.41, 5.74) is 1.55. The molecule has 0 saturated carbocycles. The number of methoxy groups -OCH3 is 2. The third-order valence-corrected chi connectivity index (χ3v) is 3.65. The van der Waals surface area contributed by atoms with E-state index in [1.165, 1.54) is 0 Å². The molecule has 2 N–H and O–H groups in total. The largest absolute Gasteiger partial charge is 0.497 e. The lowest BCUT2D eigenvalue weighted by molar-refractivity contribution is 0.376. The van der Waals surface area contributed by atoms with Crippen LogP contribution in [0.15, 0.2) is 47.1 Å². The molecular weight excluding hydrogens is 354 g/mol. The van der Waals surface area contributed by atoms with E-state index in [2.05, 4.69) is 25.8 Å². The zero-order chi connectivity index (χ0) is 18.4. The van der Waals surface area contributed by atoms with Crippen molar-refractivity contribution in [3.8, 4) is 23.0 Å². The minimum absolute atomic E-state index is 0.298. The second-order valence-corrected chi connectivity index (χ2v) is 5.55. The average Bonchev–Trinajstić information content (AvgIpc) is 3.16. The van der Waals surface area contributed by atoms with Crippen LogP contribution in [0.2, 0.25) is 0 Å². The summed E-state index contributed by atoms with van der Waals surface area (Å²) in [7, 11) is 3.17.